The number of rotatable bonds is 5. The minimum atomic E-state index is -0.0288. The van der Waals surface area contributed by atoms with Crippen LogP contribution in [0.3, 0.4) is 0 Å². The third-order valence-corrected chi connectivity index (χ3v) is 4.87. The molecule has 4 heterocycles. The van der Waals surface area contributed by atoms with Crippen LogP contribution in [0, 0.1) is 6.92 Å². The topological polar surface area (TPSA) is 82.3 Å². The first-order chi connectivity index (χ1) is 12.6. The number of nitrogens with zero attached hydrogens (tertiary/aromatic N) is 5. The monoisotopic (exact) mass is 365 g/mol. The van der Waals surface area contributed by atoms with Crippen molar-refractivity contribution in [2.24, 2.45) is 0 Å². The largest absolute Gasteiger partial charge is 0.480 e. The van der Waals surface area contributed by atoms with E-state index in [0.29, 0.717) is 22.8 Å². The molecular formula is C18H15N5O2S. The first kappa shape index (κ1) is 16.3. The number of pyridine rings is 1. The van der Waals surface area contributed by atoms with E-state index < -0.39 is 0 Å². The fraction of sp³-hybridized carbons (Fsp3) is 0.167. The van der Waals surface area contributed by atoms with Crippen LogP contribution in [-0.2, 0) is 6.42 Å². The van der Waals surface area contributed by atoms with Crippen molar-refractivity contribution >= 4 is 22.8 Å². The van der Waals surface area contributed by atoms with Crippen molar-refractivity contribution in [3.8, 4) is 17.1 Å². The second-order valence-corrected chi connectivity index (χ2v) is 6.67. The van der Waals surface area contributed by atoms with Gasteiger partial charge in [-0.15, -0.1) is 11.3 Å². The van der Waals surface area contributed by atoms with E-state index in [-0.39, 0.29) is 12.2 Å². The number of methoxy groups -OCH3 is 1. The Balaban J connectivity index is 1.75. The van der Waals surface area contributed by atoms with Gasteiger partial charge in [0.05, 0.1) is 37.2 Å². The summed E-state index contributed by atoms with van der Waals surface area (Å²) in [5.74, 6) is 0.409. The fourth-order valence-electron chi connectivity index (χ4n) is 2.67. The normalized spacial score (nSPS) is 11.0. The molecule has 0 saturated carbocycles. The fourth-order valence-corrected chi connectivity index (χ4v) is 3.44. The van der Waals surface area contributed by atoms with Crippen molar-refractivity contribution in [2.75, 3.05) is 7.11 Å². The lowest BCUT2D eigenvalue weighted by Crippen LogP contribution is -2.07. The van der Waals surface area contributed by atoms with Gasteiger partial charge in [0.1, 0.15) is 10.7 Å². The van der Waals surface area contributed by atoms with Gasteiger partial charge in [0.15, 0.2) is 5.78 Å². The summed E-state index contributed by atoms with van der Waals surface area (Å²) in [6.07, 6.45) is 8.77. The van der Waals surface area contributed by atoms with E-state index in [1.54, 1.807) is 31.9 Å². The molecule has 0 N–H and O–H groups in total. The second kappa shape index (κ2) is 6.64. The Morgan fingerprint density at radius 2 is 2.15 bits per heavy atom. The molecule has 4 rings (SSSR count). The predicted molar refractivity (Wildman–Crippen MR) is 97.7 cm³/mol. The number of fused-ring (bicyclic) bond motifs is 1. The van der Waals surface area contributed by atoms with E-state index in [1.807, 2.05) is 29.0 Å². The smallest absolute Gasteiger partial charge is 0.232 e. The Labute approximate surface area is 153 Å². The Kier molecular flexibility index (Phi) is 4.18. The van der Waals surface area contributed by atoms with Gasteiger partial charge in [-0.25, -0.2) is 19.9 Å². The maximum atomic E-state index is 12.9. The van der Waals surface area contributed by atoms with Crippen LogP contribution < -0.4 is 4.74 Å². The van der Waals surface area contributed by atoms with Gasteiger partial charge in [0.2, 0.25) is 5.88 Å². The van der Waals surface area contributed by atoms with Gasteiger partial charge >= 0.3 is 0 Å². The van der Waals surface area contributed by atoms with Crippen LogP contribution in [0.2, 0.25) is 0 Å². The lowest BCUT2D eigenvalue weighted by atomic mass is 10.1. The SMILES string of the molecule is COc1cnc(-c2cc(C(=O)Cc3nc(C)cs3)c3nccn3c2)cn1. The van der Waals surface area contributed by atoms with Gasteiger partial charge in [-0.2, -0.15) is 0 Å². The van der Waals surface area contributed by atoms with Gasteiger partial charge in [-0.3, -0.25) is 4.79 Å². The summed E-state index contributed by atoms with van der Waals surface area (Å²) in [5, 5.41) is 2.74. The Bertz CT molecular complexity index is 1080. The number of Topliss-reactive ketones (excluding diaryl/α,β-unsaturated/α-hetero) is 1. The van der Waals surface area contributed by atoms with Gasteiger partial charge in [-0.05, 0) is 13.0 Å². The summed E-state index contributed by atoms with van der Waals surface area (Å²) in [6, 6.07) is 1.81. The molecule has 7 nitrogen and oxygen atoms in total. The van der Waals surface area contributed by atoms with E-state index in [2.05, 4.69) is 19.9 Å². The quantitative estimate of drug-likeness (QED) is 0.506. The molecule has 0 saturated heterocycles. The minimum absolute atomic E-state index is 0.0288. The number of ketones is 1. The molecule has 130 valence electrons. The molecule has 0 unspecified atom stereocenters. The number of carbonyl (C=O) groups excluding carboxylic acids is 1. The number of imidazole rings is 1. The summed E-state index contributed by atoms with van der Waals surface area (Å²) in [5.41, 5.74) is 3.52. The van der Waals surface area contributed by atoms with Crippen LogP contribution >= 0.6 is 11.3 Å². The number of ether oxygens (including phenoxy) is 1. The van der Waals surface area contributed by atoms with Crippen LogP contribution in [0.4, 0.5) is 0 Å². The Morgan fingerprint density at radius 3 is 2.85 bits per heavy atom. The summed E-state index contributed by atoms with van der Waals surface area (Å²) in [4.78, 5) is 30.1. The molecule has 8 heteroatoms. The molecule has 0 aliphatic carbocycles. The number of hydrogen-bond acceptors (Lipinski definition) is 7. The highest BCUT2D eigenvalue weighted by Crippen LogP contribution is 2.23. The predicted octanol–water partition coefficient (Wildman–Crippen LogP) is 2.99. The third kappa shape index (κ3) is 3.06. The Morgan fingerprint density at radius 1 is 1.27 bits per heavy atom. The van der Waals surface area contributed by atoms with E-state index >= 15 is 0 Å². The number of aromatic nitrogens is 5. The maximum Gasteiger partial charge on any atom is 0.232 e. The number of aryl methyl sites for hydroxylation is 1. The van der Waals surface area contributed by atoms with Crippen LogP contribution in [0.25, 0.3) is 16.9 Å². The zero-order valence-corrected chi connectivity index (χ0v) is 15.0. The summed E-state index contributed by atoms with van der Waals surface area (Å²) < 4.78 is 6.87. The van der Waals surface area contributed by atoms with E-state index in [4.69, 9.17) is 4.74 Å². The molecule has 0 aliphatic rings. The maximum absolute atomic E-state index is 12.9. The van der Waals surface area contributed by atoms with Crippen molar-refractivity contribution in [3.63, 3.8) is 0 Å². The molecular weight excluding hydrogens is 350 g/mol. The first-order valence-corrected chi connectivity index (χ1v) is 8.79. The molecule has 4 aromatic heterocycles. The highest BCUT2D eigenvalue weighted by Gasteiger charge is 2.17. The number of carbonyl (C=O) groups is 1. The van der Waals surface area contributed by atoms with Crippen LogP contribution in [-0.4, -0.2) is 37.2 Å². The highest BCUT2D eigenvalue weighted by atomic mass is 32.1. The van der Waals surface area contributed by atoms with Gasteiger partial charge in [0.25, 0.3) is 0 Å². The molecule has 0 bridgehead atoms. The highest BCUT2D eigenvalue weighted by molar-refractivity contribution is 7.09. The molecule has 26 heavy (non-hydrogen) atoms. The van der Waals surface area contributed by atoms with Crippen LogP contribution in [0.5, 0.6) is 5.88 Å². The second-order valence-electron chi connectivity index (χ2n) is 5.73. The minimum Gasteiger partial charge on any atom is -0.480 e. The zero-order valence-electron chi connectivity index (χ0n) is 14.2. The third-order valence-electron chi connectivity index (χ3n) is 3.90. The van der Waals surface area contributed by atoms with E-state index in [1.165, 1.54) is 11.3 Å². The van der Waals surface area contributed by atoms with Crippen molar-refractivity contribution in [3.05, 3.63) is 58.7 Å². The molecule has 0 radical (unpaired) electrons. The van der Waals surface area contributed by atoms with E-state index in [9.17, 15) is 4.79 Å². The molecule has 4 aromatic rings. The van der Waals surface area contributed by atoms with Crippen LogP contribution in [0.15, 0.2) is 42.4 Å². The first-order valence-electron chi connectivity index (χ1n) is 7.91. The Hall–Kier alpha value is -3.13. The van der Waals surface area contributed by atoms with Gasteiger partial charge in [-0.1, -0.05) is 0 Å². The summed E-state index contributed by atoms with van der Waals surface area (Å²) in [6.45, 7) is 1.92. The molecule has 0 aromatic carbocycles. The average molecular weight is 365 g/mol. The number of thiazole rings is 1. The summed E-state index contributed by atoms with van der Waals surface area (Å²) >= 11 is 1.49. The van der Waals surface area contributed by atoms with Gasteiger partial charge in [0, 0.05) is 35.2 Å². The van der Waals surface area contributed by atoms with Crippen molar-refractivity contribution in [2.45, 2.75) is 13.3 Å². The van der Waals surface area contributed by atoms with E-state index in [0.717, 1.165) is 16.3 Å². The lowest BCUT2D eigenvalue weighted by molar-refractivity contribution is 0.0994. The average Bonchev–Trinajstić information content (AvgIpc) is 3.29. The van der Waals surface area contributed by atoms with Crippen molar-refractivity contribution < 1.29 is 9.53 Å². The van der Waals surface area contributed by atoms with Gasteiger partial charge < -0.3 is 9.14 Å². The zero-order chi connectivity index (χ0) is 18.1. The lowest BCUT2D eigenvalue weighted by Gasteiger charge is -2.07. The molecule has 0 atom stereocenters. The summed E-state index contributed by atoms with van der Waals surface area (Å²) in [7, 11) is 1.54. The van der Waals surface area contributed by atoms with Crippen LogP contribution in [0.1, 0.15) is 21.1 Å². The molecule has 0 spiro atoms. The molecule has 0 fully saturated rings. The van der Waals surface area contributed by atoms with Crippen molar-refractivity contribution in [1.29, 1.82) is 0 Å². The van der Waals surface area contributed by atoms with Crippen molar-refractivity contribution in [1.82, 2.24) is 24.3 Å². The molecule has 0 aliphatic heterocycles. The standard InChI is InChI=1S/C18H15N5O2S/c1-11-10-26-17(22-11)6-15(24)13-5-12(9-23-4-3-19-18(13)23)14-7-21-16(25-2)8-20-14/h3-5,7-10H,6H2,1-2H3. The molecule has 0 amide bonds. The number of hydrogen-bond donors (Lipinski definition) is 0.